The van der Waals surface area contributed by atoms with Crippen molar-refractivity contribution in [3.63, 3.8) is 0 Å². The Morgan fingerprint density at radius 3 is 2.56 bits per heavy atom. The third-order valence-electron chi connectivity index (χ3n) is 4.92. The fraction of sp³-hybridized carbons (Fsp3) is 0.160. The van der Waals surface area contributed by atoms with Crippen LogP contribution in [0, 0.1) is 6.92 Å². The van der Waals surface area contributed by atoms with E-state index in [0.29, 0.717) is 22.4 Å². The molecule has 32 heavy (non-hydrogen) atoms. The van der Waals surface area contributed by atoms with E-state index in [-0.39, 0.29) is 11.2 Å². The molecule has 0 spiro atoms. The molecule has 0 fully saturated rings. The molecule has 0 saturated heterocycles. The summed E-state index contributed by atoms with van der Waals surface area (Å²) in [6.45, 7) is 4.53. The van der Waals surface area contributed by atoms with E-state index < -0.39 is 0 Å². The van der Waals surface area contributed by atoms with Gasteiger partial charge in [-0.3, -0.25) is 9.36 Å². The summed E-state index contributed by atoms with van der Waals surface area (Å²) in [4.78, 5) is 12.8. The number of aromatic nitrogens is 3. The molecule has 0 radical (unpaired) electrons. The van der Waals surface area contributed by atoms with Crippen LogP contribution in [-0.4, -0.2) is 25.9 Å². The molecule has 1 amide bonds. The van der Waals surface area contributed by atoms with E-state index in [9.17, 15) is 4.79 Å². The van der Waals surface area contributed by atoms with Crippen molar-refractivity contribution in [2.75, 3.05) is 5.32 Å². The third-order valence-corrected chi connectivity index (χ3v) is 6.24. The zero-order chi connectivity index (χ0) is 22.5. The molecule has 1 N–H and O–H groups in total. The van der Waals surface area contributed by atoms with E-state index in [1.807, 2.05) is 43.3 Å². The van der Waals surface area contributed by atoms with Crippen molar-refractivity contribution in [3.05, 3.63) is 95.0 Å². The van der Waals surface area contributed by atoms with Crippen LogP contribution in [0.1, 0.15) is 18.1 Å². The summed E-state index contributed by atoms with van der Waals surface area (Å²) in [6, 6.07) is 25.5. The van der Waals surface area contributed by atoms with Crippen LogP contribution in [0.3, 0.4) is 0 Å². The van der Waals surface area contributed by atoms with Crippen LogP contribution in [0.5, 0.6) is 0 Å². The minimum Gasteiger partial charge on any atom is -0.325 e. The number of nitrogens with zero attached hydrogens (tertiary/aromatic N) is 3. The Labute approximate surface area is 196 Å². The van der Waals surface area contributed by atoms with Gasteiger partial charge < -0.3 is 5.32 Å². The summed E-state index contributed by atoms with van der Waals surface area (Å²) in [7, 11) is 0. The van der Waals surface area contributed by atoms with E-state index in [1.54, 1.807) is 18.2 Å². The van der Waals surface area contributed by atoms with E-state index in [2.05, 4.69) is 51.3 Å². The van der Waals surface area contributed by atoms with Crippen LogP contribution in [-0.2, 0) is 11.3 Å². The van der Waals surface area contributed by atoms with Gasteiger partial charge in [0.05, 0.1) is 11.8 Å². The molecule has 1 heterocycles. The van der Waals surface area contributed by atoms with E-state index in [1.165, 1.54) is 11.8 Å². The highest BCUT2D eigenvalue weighted by Crippen LogP contribution is 2.29. The average molecular weight is 463 g/mol. The van der Waals surface area contributed by atoms with Crippen LogP contribution >= 0.6 is 23.4 Å². The highest BCUT2D eigenvalue weighted by Gasteiger charge is 2.21. The highest BCUT2D eigenvalue weighted by atomic mass is 35.5. The minimum atomic E-state index is -0.377. The zero-order valence-electron chi connectivity index (χ0n) is 17.8. The molecule has 0 aliphatic rings. The lowest BCUT2D eigenvalue weighted by atomic mass is 10.1. The van der Waals surface area contributed by atoms with Crippen molar-refractivity contribution in [3.8, 4) is 11.4 Å². The maximum Gasteiger partial charge on any atom is 0.237 e. The Balaban J connectivity index is 1.60. The maximum atomic E-state index is 12.8. The van der Waals surface area contributed by atoms with Crippen molar-refractivity contribution >= 4 is 35.0 Å². The summed E-state index contributed by atoms with van der Waals surface area (Å²) in [5.74, 6) is 0.658. The molecule has 1 aromatic heterocycles. The normalized spacial score (nSPS) is 11.8. The summed E-state index contributed by atoms with van der Waals surface area (Å²) < 4.78 is 2.07. The molecule has 4 aromatic rings. The van der Waals surface area contributed by atoms with Crippen LogP contribution < -0.4 is 5.32 Å². The zero-order valence-corrected chi connectivity index (χ0v) is 19.4. The number of rotatable bonds is 7. The van der Waals surface area contributed by atoms with Gasteiger partial charge in [-0.05, 0) is 43.7 Å². The second-order valence-corrected chi connectivity index (χ2v) is 9.25. The molecular formula is C25H23ClN4OS. The largest absolute Gasteiger partial charge is 0.325 e. The van der Waals surface area contributed by atoms with Crippen molar-refractivity contribution in [2.45, 2.75) is 30.8 Å². The smallest absolute Gasteiger partial charge is 0.237 e. The third kappa shape index (κ3) is 5.39. The van der Waals surface area contributed by atoms with Gasteiger partial charge in [-0.15, -0.1) is 10.2 Å². The van der Waals surface area contributed by atoms with Crippen LogP contribution in [0.15, 0.2) is 84.0 Å². The number of aryl methyl sites for hydroxylation is 1. The lowest BCUT2D eigenvalue weighted by Crippen LogP contribution is -2.23. The van der Waals surface area contributed by atoms with Crippen molar-refractivity contribution < 1.29 is 4.79 Å². The topological polar surface area (TPSA) is 59.8 Å². The number of hydrogen-bond donors (Lipinski definition) is 1. The van der Waals surface area contributed by atoms with E-state index in [4.69, 9.17) is 11.6 Å². The Morgan fingerprint density at radius 1 is 1.03 bits per heavy atom. The first kappa shape index (κ1) is 22.1. The molecule has 0 saturated carbocycles. The number of thioether (sulfide) groups is 1. The van der Waals surface area contributed by atoms with Crippen LogP contribution in [0.2, 0.25) is 5.02 Å². The lowest BCUT2D eigenvalue weighted by Gasteiger charge is -2.14. The number of amides is 1. The second kappa shape index (κ2) is 10.0. The molecule has 0 bridgehead atoms. The minimum absolute atomic E-state index is 0.122. The number of anilines is 1. The Kier molecular flexibility index (Phi) is 6.93. The van der Waals surface area contributed by atoms with Gasteiger partial charge >= 0.3 is 0 Å². The van der Waals surface area contributed by atoms with Gasteiger partial charge in [-0.25, -0.2) is 0 Å². The number of benzene rings is 3. The first-order valence-electron chi connectivity index (χ1n) is 10.3. The number of hydrogen-bond acceptors (Lipinski definition) is 4. The molecule has 162 valence electrons. The average Bonchev–Trinajstić information content (AvgIpc) is 3.16. The Bertz CT molecular complexity index is 1230. The standard InChI is InChI=1S/C25H23ClN4OS/c1-17-8-6-11-20(14-17)23-28-29-25(30(23)16-19-9-4-3-5-10-19)32-18(2)24(31)27-22-13-7-12-21(26)15-22/h3-15,18H,16H2,1-2H3,(H,27,31)/t18-/m0/s1. The quantitative estimate of drug-likeness (QED) is 0.338. The predicted molar refractivity (Wildman–Crippen MR) is 131 cm³/mol. The van der Waals surface area contributed by atoms with E-state index >= 15 is 0 Å². The van der Waals surface area contributed by atoms with Crippen LogP contribution in [0.4, 0.5) is 5.69 Å². The summed E-state index contributed by atoms with van der Waals surface area (Å²) in [5.41, 5.74) is 3.96. The van der Waals surface area contributed by atoms with Gasteiger partial charge in [0.25, 0.3) is 0 Å². The maximum absolute atomic E-state index is 12.8. The first-order valence-corrected chi connectivity index (χ1v) is 11.5. The van der Waals surface area contributed by atoms with Gasteiger partial charge in [-0.1, -0.05) is 83.5 Å². The molecule has 1 atom stereocenters. The Morgan fingerprint density at radius 2 is 1.81 bits per heavy atom. The fourth-order valence-corrected chi connectivity index (χ4v) is 4.34. The molecule has 0 aliphatic carbocycles. The number of carbonyl (C=O) groups excluding carboxylic acids is 1. The number of carbonyl (C=O) groups is 1. The van der Waals surface area contributed by atoms with Crippen molar-refractivity contribution in [2.24, 2.45) is 0 Å². The van der Waals surface area contributed by atoms with Crippen LogP contribution in [0.25, 0.3) is 11.4 Å². The summed E-state index contributed by atoms with van der Waals surface area (Å²) >= 11 is 7.41. The molecule has 5 nitrogen and oxygen atoms in total. The molecule has 4 rings (SSSR count). The fourth-order valence-electron chi connectivity index (χ4n) is 3.30. The SMILES string of the molecule is Cc1cccc(-c2nnc(S[C@@H](C)C(=O)Nc3cccc(Cl)c3)n2Cc2ccccc2)c1. The Hall–Kier alpha value is -3.09. The summed E-state index contributed by atoms with van der Waals surface area (Å²) in [5, 5.41) is 12.7. The molecule has 0 aliphatic heterocycles. The molecular weight excluding hydrogens is 440 g/mol. The van der Waals surface area contributed by atoms with Gasteiger partial charge in [0.2, 0.25) is 5.91 Å². The van der Waals surface area contributed by atoms with Gasteiger partial charge in [0.15, 0.2) is 11.0 Å². The van der Waals surface area contributed by atoms with Gasteiger partial charge in [-0.2, -0.15) is 0 Å². The molecule has 3 aromatic carbocycles. The van der Waals surface area contributed by atoms with Gasteiger partial charge in [0, 0.05) is 16.3 Å². The predicted octanol–water partition coefficient (Wildman–Crippen LogP) is 6.07. The van der Waals surface area contributed by atoms with Crippen molar-refractivity contribution in [1.82, 2.24) is 14.8 Å². The van der Waals surface area contributed by atoms with Crippen molar-refractivity contribution in [1.29, 1.82) is 0 Å². The summed E-state index contributed by atoms with van der Waals surface area (Å²) in [6.07, 6.45) is 0. The number of halogens is 1. The van der Waals surface area contributed by atoms with E-state index in [0.717, 1.165) is 22.5 Å². The second-order valence-electron chi connectivity index (χ2n) is 7.51. The molecule has 0 unspecified atom stereocenters. The molecule has 7 heteroatoms. The first-order chi connectivity index (χ1) is 15.5. The highest BCUT2D eigenvalue weighted by molar-refractivity contribution is 8.00. The number of nitrogens with one attached hydrogen (secondary N) is 1. The van der Waals surface area contributed by atoms with Gasteiger partial charge in [0.1, 0.15) is 0 Å². The monoisotopic (exact) mass is 462 g/mol. The lowest BCUT2D eigenvalue weighted by molar-refractivity contribution is -0.115.